The molecule has 0 aromatic carbocycles. The van der Waals surface area contributed by atoms with E-state index in [0.29, 0.717) is 35.8 Å². The second kappa shape index (κ2) is 9.36. The molecule has 0 radical (unpaired) electrons. The fraction of sp³-hybridized carbons (Fsp3) is 0.455. The molecular formula is C22H26F2N6O3. The number of carbonyl (C=O) groups is 1. The average Bonchev–Trinajstić information content (AvgIpc) is 3.20. The second-order valence-electron chi connectivity index (χ2n) is 8.60. The third-order valence-corrected chi connectivity index (χ3v) is 5.45. The van der Waals surface area contributed by atoms with Gasteiger partial charge in [0.05, 0.1) is 42.4 Å². The van der Waals surface area contributed by atoms with Crippen LogP contribution in [0.15, 0.2) is 30.7 Å². The van der Waals surface area contributed by atoms with Crippen molar-refractivity contribution in [3.05, 3.63) is 42.1 Å². The molecule has 4 rings (SSSR count). The lowest BCUT2D eigenvalue weighted by atomic mass is 10.0. The van der Waals surface area contributed by atoms with E-state index in [9.17, 15) is 18.7 Å². The van der Waals surface area contributed by atoms with Crippen molar-refractivity contribution < 1.29 is 23.4 Å². The van der Waals surface area contributed by atoms with Crippen molar-refractivity contribution in [1.82, 2.24) is 25.1 Å². The van der Waals surface area contributed by atoms with Crippen LogP contribution in [0.1, 0.15) is 37.0 Å². The summed E-state index contributed by atoms with van der Waals surface area (Å²) in [7, 11) is 0. The highest BCUT2D eigenvalue weighted by atomic mass is 19.1. The monoisotopic (exact) mass is 460 g/mol. The summed E-state index contributed by atoms with van der Waals surface area (Å²) in [6.07, 6.45) is 4.04. The number of nitrogens with one attached hydrogen (secondary N) is 2. The zero-order chi connectivity index (χ0) is 23.6. The molecule has 176 valence electrons. The fourth-order valence-corrected chi connectivity index (χ4v) is 3.52. The normalized spacial score (nSPS) is 17.7. The molecule has 0 saturated carbocycles. The molecule has 0 bridgehead atoms. The van der Waals surface area contributed by atoms with Crippen LogP contribution in [0.5, 0.6) is 0 Å². The zero-order valence-corrected chi connectivity index (χ0v) is 18.4. The van der Waals surface area contributed by atoms with Gasteiger partial charge in [0, 0.05) is 30.3 Å². The number of hydrogen-bond donors (Lipinski definition) is 3. The van der Waals surface area contributed by atoms with Crippen molar-refractivity contribution >= 4 is 22.6 Å². The Morgan fingerprint density at radius 1 is 1.33 bits per heavy atom. The molecule has 33 heavy (non-hydrogen) atoms. The molecule has 11 heteroatoms. The summed E-state index contributed by atoms with van der Waals surface area (Å²) in [4.78, 5) is 21.3. The van der Waals surface area contributed by atoms with E-state index >= 15 is 0 Å². The largest absolute Gasteiger partial charge is 0.387 e. The van der Waals surface area contributed by atoms with Gasteiger partial charge in [-0.05, 0) is 32.8 Å². The molecular weight excluding hydrogens is 434 g/mol. The van der Waals surface area contributed by atoms with Crippen LogP contribution in [0.2, 0.25) is 0 Å². The summed E-state index contributed by atoms with van der Waals surface area (Å²) in [6, 6.07) is 2.94. The average molecular weight is 460 g/mol. The van der Waals surface area contributed by atoms with Crippen LogP contribution in [0.3, 0.4) is 0 Å². The minimum atomic E-state index is -1.64. The minimum absolute atomic E-state index is 0.0209. The maximum atomic E-state index is 14.1. The van der Waals surface area contributed by atoms with Crippen molar-refractivity contribution in [2.75, 3.05) is 25.1 Å². The minimum Gasteiger partial charge on any atom is -0.387 e. The Balaban J connectivity index is 1.64. The summed E-state index contributed by atoms with van der Waals surface area (Å²) in [6.45, 7) is 3.49. The molecule has 3 aromatic heterocycles. The predicted octanol–water partition coefficient (Wildman–Crippen LogP) is 2.38. The van der Waals surface area contributed by atoms with Crippen molar-refractivity contribution in [3.8, 4) is 5.82 Å². The third kappa shape index (κ3) is 5.25. The van der Waals surface area contributed by atoms with Crippen LogP contribution < -0.4 is 10.6 Å². The summed E-state index contributed by atoms with van der Waals surface area (Å²) in [5.41, 5.74) is -0.484. The van der Waals surface area contributed by atoms with Crippen LogP contribution in [0.25, 0.3) is 16.9 Å². The third-order valence-electron chi connectivity index (χ3n) is 5.45. The van der Waals surface area contributed by atoms with Crippen molar-refractivity contribution in [1.29, 1.82) is 0 Å². The zero-order valence-electron chi connectivity index (χ0n) is 18.4. The highest BCUT2D eigenvalue weighted by molar-refractivity contribution is 5.99. The number of halogens is 2. The Hall–Kier alpha value is -3.18. The Kier molecular flexibility index (Phi) is 6.52. The SMILES string of the molecule is CC(C)(O)[C@H](F)CNC(=O)c1cnc(-n2ncc3cc(F)cnc32)cc1NC1CCCOC1. The number of pyridine rings is 2. The summed E-state index contributed by atoms with van der Waals surface area (Å²) in [5, 5.41) is 20.4. The number of anilines is 1. The first-order valence-corrected chi connectivity index (χ1v) is 10.7. The van der Waals surface area contributed by atoms with Gasteiger partial charge in [-0.3, -0.25) is 4.79 Å². The molecule has 1 amide bonds. The van der Waals surface area contributed by atoms with Gasteiger partial charge in [-0.15, -0.1) is 0 Å². The van der Waals surface area contributed by atoms with E-state index in [4.69, 9.17) is 4.74 Å². The van der Waals surface area contributed by atoms with Gasteiger partial charge in [-0.25, -0.2) is 18.7 Å². The lowest BCUT2D eigenvalue weighted by molar-refractivity contribution is -0.00177. The topological polar surface area (TPSA) is 114 Å². The first-order valence-electron chi connectivity index (χ1n) is 10.7. The van der Waals surface area contributed by atoms with Crippen LogP contribution in [-0.2, 0) is 4.74 Å². The standard InChI is InChI=1S/C22H26F2N6O3/c1-22(2,32)18(24)11-27-21(31)16-10-25-19(7-17(16)29-15-4-3-5-33-12-15)30-20-13(8-28-30)6-14(23)9-26-20/h6-10,15,18,32H,3-5,11-12H2,1-2H3,(H,25,29)(H,27,31)/t15?,18-/m1/s1. The highest BCUT2D eigenvalue weighted by Crippen LogP contribution is 2.24. The van der Waals surface area contributed by atoms with E-state index in [1.54, 1.807) is 6.07 Å². The first kappa shape index (κ1) is 23.0. The number of aliphatic hydroxyl groups is 1. The lowest BCUT2D eigenvalue weighted by Gasteiger charge is -2.26. The van der Waals surface area contributed by atoms with Crippen LogP contribution >= 0.6 is 0 Å². The van der Waals surface area contributed by atoms with E-state index in [1.807, 2.05) is 0 Å². The summed E-state index contributed by atoms with van der Waals surface area (Å²) in [5.74, 6) is -0.635. The maximum absolute atomic E-state index is 14.1. The van der Waals surface area contributed by atoms with E-state index in [1.165, 1.54) is 37.0 Å². The molecule has 4 heterocycles. The lowest BCUT2D eigenvalue weighted by Crippen LogP contribution is -2.42. The molecule has 2 atom stereocenters. The molecule has 1 unspecified atom stereocenters. The van der Waals surface area contributed by atoms with Crippen molar-refractivity contribution in [2.24, 2.45) is 0 Å². The number of aromatic nitrogens is 4. The molecule has 1 aliphatic rings. The summed E-state index contributed by atoms with van der Waals surface area (Å²) < 4.78 is 34.6. The highest BCUT2D eigenvalue weighted by Gasteiger charge is 2.27. The quantitative estimate of drug-likeness (QED) is 0.496. The van der Waals surface area contributed by atoms with Gasteiger partial charge < -0.3 is 20.5 Å². The van der Waals surface area contributed by atoms with Gasteiger partial charge in [0.2, 0.25) is 0 Å². The molecule has 1 aliphatic heterocycles. The van der Waals surface area contributed by atoms with Gasteiger partial charge in [-0.1, -0.05) is 0 Å². The number of rotatable bonds is 7. The van der Waals surface area contributed by atoms with E-state index < -0.39 is 23.5 Å². The predicted molar refractivity (Wildman–Crippen MR) is 118 cm³/mol. The van der Waals surface area contributed by atoms with E-state index in [-0.39, 0.29) is 18.2 Å². The number of ether oxygens (including phenoxy) is 1. The van der Waals surface area contributed by atoms with Crippen molar-refractivity contribution in [2.45, 2.75) is 44.5 Å². The second-order valence-corrected chi connectivity index (χ2v) is 8.60. The molecule has 3 N–H and O–H groups in total. The van der Waals surface area contributed by atoms with Crippen LogP contribution in [0, 0.1) is 5.82 Å². The van der Waals surface area contributed by atoms with Gasteiger partial charge in [0.25, 0.3) is 5.91 Å². The molecule has 0 spiro atoms. The number of hydrogen-bond acceptors (Lipinski definition) is 7. The van der Waals surface area contributed by atoms with Gasteiger partial charge in [0.15, 0.2) is 11.5 Å². The van der Waals surface area contributed by atoms with Crippen molar-refractivity contribution in [3.63, 3.8) is 0 Å². The maximum Gasteiger partial charge on any atom is 0.255 e. The fourth-order valence-electron chi connectivity index (χ4n) is 3.52. The summed E-state index contributed by atoms with van der Waals surface area (Å²) >= 11 is 0. The first-order chi connectivity index (χ1) is 15.7. The molecule has 0 aliphatic carbocycles. The van der Waals surface area contributed by atoms with Crippen LogP contribution in [0.4, 0.5) is 14.5 Å². The molecule has 3 aromatic rings. The number of alkyl halides is 1. The van der Waals surface area contributed by atoms with E-state index in [2.05, 4.69) is 25.7 Å². The van der Waals surface area contributed by atoms with Gasteiger partial charge in [-0.2, -0.15) is 9.78 Å². The van der Waals surface area contributed by atoms with Crippen LogP contribution in [-0.4, -0.2) is 68.3 Å². The number of amides is 1. The van der Waals surface area contributed by atoms with Gasteiger partial charge in [0.1, 0.15) is 12.0 Å². The number of fused-ring (bicyclic) bond motifs is 1. The smallest absolute Gasteiger partial charge is 0.255 e. The Bertz CT molecular complexity index is 1140. The molecule has 1 fully saturated rings. The van der Waals surface area contributed by atoms with Gasteiger partial charge >= 0.3 is 0 Å². The molecule has 9 nitrogen and oxygen atoms in total. The Labute approximate surface area is 189 Å². The Morgan fingerprint density at radius 3 is 2.88 bits per heavy atom. The van der Waals surface area contributed by atoms with E-state index in [0.717, 1.165) is 19.0 Å². The number of nitrogens with zero attached hydrogens (tertiary/aromatic N) is 4. The number of carbonyl (C=O) groups excluding carboxylic acids is 1. The Morgan fingerprint density at radius 2 is 2.15 bits per heavy atom. The molecule has 1 saturated heterocycles.